The van der Waals surface area contributed by atoms with Gasteiger partial charge in [-0.25, -0.2) is 23.6 Å². The Balaban J connectivity index is 0.00000102. The molecule has 3 aromatic heterocycles. The second-order valence-electron chi connectivity index (χ2n) is 5.42. The van der Waals surface area contributed by atoms with E-state index >= 15 is 0 Å². The first-order chi connectivity index (χ1) is 13.2. The molecule has 0 unspecified atom stereocenters. The fourth-order valence-electron chi connectivity index (χ4n) is 2.66. The largest absolute Gasteiger partial charge is 0.399 e. The highest BCUT2D eigenvalue weighted by atomic mass is 19.3. The molecule has 0 spiro atoms. The summed E-state index contributed by atoms with van der Waals surface area (Å²) in [5.74, 6) is -1.61. The first-order valence-electron chi connectivity index (χ1n) is 8.35. The number of hydrogen-bond acceptors (Lipinski definition) is 5. The Kier molecular flexibility index (Phi) is 5.35. The lowest BCUT2D eigenvalue weighted by Crippen LogP contribution is -2.08. The molecule has 0 N–H and O–H groups in total. The highest BCUT2D eigenvalue weighted by molar-refractivity contribution is 5.86. The molecule has 27 heavy (non-hydrogen) atoms. The van der Waals surface area contributed by atoms with Crippen molar-refractivity contribution >= 4 is 22.5 Å². The number of pyridine rings is 1. The third-order valence-electron chi connectivity index (χ3n) is 3.85. The predicted octanol–water partition coefficient (Wildman–Crippen LogP) is 4.07. The Morgan fingerprint density at radius 1 is 1.19 bits per heavy atom. The van der Waals surface area contributed by atoms with E-state index in [9.17, 15) is 13.7 Å². The number of benzene rings is 1. The summed E-state index contributed by atoms with van der Waals surface area (Å²) in [5.41, 5.74) is 1.78. The standard InChI is InChI=1S/C17H10F2N4O2.C2H6/c18-13-8-15-10(2-1-5-20-15)6-11(13)7-12-9-21-16-4-3-14(17(24)25-19)22-23(12)16;1-2/h1-6,8-9H,7H2;1-2H3. The zero-order valence-corrected chi connectivity index (χ0v) is 14.7. The van der Waals surface area contributed by atoms with Gasteiger partial charge < -0.3 is 0 Å². The van der Waals surface area contributed by atoms with Crippen molar-refractivity contribution in [2.75, 3.05) is 0 Å². The van der Waals surface area contributed by atoms with Crippen molar-refractivity contribution < 1.29 is 18.7 Å². The van der Waals surface area contributed by atoms with Gasteiger partial charge in [-0.2, -0.15) is 5.10 Å². The van der Waals surface area contributed by atoms with Crippen molar-refractivity contribution in [3.8, 4) is 0 Å². The van der Waals surface area contributed by atoms with Crippen LogP contribution in [0.15, 0.2) is 48.8 Å². The fourth-order valence-corrected chi connectivity index (χ4v) is 2.66. The number of aromatic nitrogens is 4. The number of hydrogen-bond donors (Lipinski definition) is 0. The molecule has 0 bridgehead atoms. The zero-order valence-electron chi connectivity index (χ0n) is 14.7. The lowest BCUT2D eigenvalue weighted by atomic mass is 10.1. The monoisotopic (exact) mass is 370 g/mol. The van der Waals surface area contributed by atoms with Gasteiger partial charge in [0, 0.05) is 28.6 Å². The molecule has 0 aliphatic carbocycles. The lowest BCUT2D eigenvalue weighted by molar-refractivity contribution is -0.0794. The van der Waals surface area contributed by atoms with Crippen molar-refractivity contribution in [1.29, 1.82) is 0 Å². The van der Waals surface area contributed by atoms with Crippen LogP contribution in [0.4, 0.5) is 8.92 Å². The van der Waals surface area contributed by atoms with Gasteiger partial charge >= 0.3 is 5.97 Å². The minimum atomic E-state index is -1.20. The molecule has 0 atom stereocenters. The SMILES string of the molecule is CC.O=C(OF)c1ccc2ncc(Cc3cc4cccnc4cc3F)n2n1. The molecule has 3 heterocycles. The minimum absolute atomic E-state index is 0.193. The molecule has 4 rings (SSSR count). The van der Waals surface area contributed by atoms with Gasteiger partial charge in [0.1, 0.15) is 5.82 Å². The van der Waals surface area contributed by atoms with Gasteiger partial charge in [-0.1, -0.05) is 19.9 Å². The summed E-state index contributed by atoms with van der Waals surface area (Å²) in [6.07, 6.45) is 3.32. The van der Waals surface area contributed by atoms with Crippen LogP contribution in [0.5, 0.6) is 0 Å². The van der Waals surface area contributed by atoms with Gasteiger partial charge in [0.25, 0.3) is 0 Å². The fraction of sp³-hybridized carbons (Fsp3) is 0.158. The van der Waals surface area contributed by atoms with Crippen LogP contribution >= 0.6 is 0 Å². The van der Waals surface area contributed by atoms with E-state index in [2.05, 4.69) is 20.0 Å². The van der Waals surface area contributed by atoms with Crippen molar-refractivity contribution in [2.24, 2.45) is 0 Å². The highest BCUT2D eigenvalue weighted by Gasteiger charge is 2.14. The van der Waals surface area contributed by atoms with Gasteiger partial charge in [-0.15, -0.1) is 0 Å². The van der Waals surface area contributed by atoms with E-state index in [1.165, 1.54) is 28.9 Å². The Bertz CT molecular complexity index is 1110. The van der Waals surface area contributed by atoms with Crippen LogP contribution in [0.25, 0.3) is 16.6 Å². The van der Waals surface area contributed by atoms with Gasteiger partial charge in [0.05, 0.1) is 17.4 Å². The van der Waals surface area contributed by atoms with E-state index in [0.29, 0.717) is 22.4 Å². The number of carbonyl (C=O) groups excluding carboxylic acids is 1. The van der Waals surface area contributed by atoms with Crippen LogP contribution in [0, 0.1) is 5.82 Å². The zero-order chi connectivity index (χ0) is 19.4. The van der Waals surface area contributed by atoms with E-state index < -0.39 is 11.8 Å². The third-order valence-corrected chi connectivity index (χ3v) is 3.85. The summed E-state index contributed by atoms with van der Waals surface area (Å²) in [4.78, 5) is 22.7. The summed E-state index contributed by atoms with van der Waals surface area (Å²) in [6, 6.07) is 9.49. The van der Waals surface area contributed by atoms with Gasteiger partial charge in [-0.3, -0.25) is 4.98 Å². The number of fused-ring (bicyclic) bond motifs is 2. The van der Waals surface area contributed by atoms with E-state index in [1.807, 2.05) is 19.9 Å². The van der Waals surface area contributed by atoms with Crippen LogP contribution in [-0.4, -0.2) is 25.6 Å². The molecule has 0 aliphatic rings. The van der Waals surface area contributed by atoms with Crippen molar-refractivity contribution in [2.45, 2.75) is 20.3 Å². The number of halogens is 2. The Morgan fingerprint density at radius 2 is 2.00 bits per heavy atom. The van der Waals surface area contributed by atoms with E-state index in [4.69, 9.17) is 0 Å². The lowest BCUT2D eigenvalue weighted by Gasteiger charge is -2.06. The van der Waals surface area contributed by atoms with E-state index in [-0.39, 0.29) is 12.1 Å². The second-order valence-corrected chi connectivity index (χ2v) is 5.42. The number of nitrogens with zero attached hydrogens (tertiary/aromatic N) is 4. The maximum absolute atomic E-state index is 14.4. The Morgan fingerprint density at radius 3 is 2.78 bits per heavy atom. The number of imidazole rings is 1. The van der Waals surface area contributed by atoms with Crippen LogP contribution in [0.2, 0.25) is 0 Å². The molecular weight excluding hydrogens is 354 g/mol. The molecule has 0 fully saturated rings. The van der Waals surface area contributed by atoms with E-state index in [0.717, 1.165) is 5.39 Å². The molecule has 6 nitrogen and oxygen atoms in total. The summed E-state index contributed by atoms with van der Waals surface area (Å²) < 4.78 is 27.8. The number of rotatable bonds is 3. The maximum atomic E-state index is 14.4. The Hall–Kier alpha value is -3.42. The topological polar surface area (TPSA) is 69.4 Å². The normalized spacial score (nSPS) is 10.5. The summed E-state index contributed by atoms with van der Waals surface area (Å²) in [6.45, 7) is 4.00. The molecule has 0 amide bonds. The number of carbonyl (C=O) groups is 1. The average molecular weight is 370 g/mol. The first-order valence-corrected chi connectivity index (χ1v) is 8.35. The maximum Gasteiger partial charge on any atom is 0.399 e. The van der Waals surface area contributed by atoms with Crippen LogP contribution < -0.4 is 0 Å². The smallest absolute Gasteiger partial charge is 0.256 e. The van der Waals surface area contributed by atoms with Crippen molar-refractivity contribution in [3.63, 3.8) is 0 Å². The highest BCUT2D eigenvalue weighted by Crippen LogP contribution is 2.20. The average Bonchev–Trinajstić information content (AvgIpc) is 3.11. The molecule has 1 aromatic carbocycles. The molecular formula is C19H16F2N4O2. The predicted molar refractivity (Wildman–Crippen MR) is 95.4 cm³/mol. The molecule has 8 heteroatoms. The molecule has 0 radical (unpaired) electrons. The van der Waals surface area contributed by atoms with Crippen molar-refractivity contribution in [1.82, 2.24) is 19.6 Å². The molecule has 0 aliphatic heterocycles. The van der Waals surface area contributed by atoms with Gasteiger partial charge in [0.2, 0.25) is 0 Å². The third kappa shape index (κ3) is 3.59. The Labute approximate surface area is 153 Å². The van der Waals surface area contributed by atoms with E-state index in [1.54, 1.807) is 18.3 Å². The molecule has 138 valence electrons. The quantitative estimate of drug-likeness (QED) is 0.544. The van der Waals surface area contributed by atoms with Gasteiger partial charge in [0.15, 0.2) is 11.3 Å². The molecule has 0 saturated carbocycles. The summed E-state index contributed by atoms with van der Waals surface area (Å²) in [5, 5.41) is 4.81. The molecule has 4 aromatic rings. The second kappa shape index (κ2) is 7.86. The van der Waals surface area contributed by atoms with Crippen molar-refractivity contribution in [3.05, 3.63) is 71.6 Å². The van der Waals surface area contributed by atoms with Crippen LogP contribution in [0.3, 0.4) is 0 Å². The first kappa shape index (κ1) is 18.4. The van der Waals surface area contributed by atoms with Crippen LogP contribution in [0.1, 0.15) is 35.6 Å². The summed E-state index contributed by atoms with van der Waals surface area (Å²) >= 11 is 0. The van der Waals surface area contributed by atoms with Gasteiger partial charge in [-0.05, 0) is 29.8 Å². The summed E-state index contributed by atoms with van der Waals surface area (Å²) in [7, 11) is 0. The minimum Gasteiger partial charge on any atom is -0.256 e. The molecule has 0 saturated heterocycles. The van der Waals surface area contributed by atoms with Crippen LogP contribution in [-0.2, 0) is 11.4 Å².